The summed E-state index contributed by atoms with van der Waals surface area (Å²) in [6, 6.07) is 5.52. The lowest BCUT2D eigenvalue weighted by atomic mass is 9.75. The van der Waals surface area contributed by atoms with Crippen LogP contribution in [0.5, 0.6) is 0 Å². The van der Waals surface area contributed by atoms with Crippen LogP contribution in [0.15, 0.2) is 24.3 Å². The third-order valence-corrected chi connectivity index (χ3v) is 3.17. The van der Waals surface area contributed by atoms with E-state index in [1.54, 1.807) is 19.2 Å². The number of hydrogen-bond donors (Lipinski definition) is 2. The van der Waals surface area contributed by atoms with Crippen LogP contribution in [0.1, 0.15) is 11.6 Å². The summed E-state index contributed by atoms with van der Waals surface area (Å²) in [4.78, 5) is 11.3. The number of nitrogens with one attached hydrogen (secondary N) is 1. The molecule has 1 aromatic rings. The van der Waals surface area contributed by atoms with Crippen molar-refractivity contribution in [3.05, 3.63) is 35.6 Å². The van der Waals surface area contributed by atoms with Gasteiger partial charge in [-0.05, 0) is 24.7 Å². The zero-order valence-corrected chi connectivity index (χ0v) is 9.44. The molecule has 1 aliphatic rings. The Morgan fingerprint density at radius 1 is 1.59 bits per heavy atom. The Balaban J connectivity index is 2.36. The second-order valence-corrected chi connectivity index (χ2v) is 4.23. The predicted octanol–water partition coefficient (Wildman–Crippen LogP) is 1.19. The molecular formula is C12H14FNO3. The van der Waals surface area contributed by atoms with Crippen molar-refractivity contribution < 1.29 is 19.0 Å². The van der Waals surface area contributed by atoms with Gasteiger partial charge in [0.25, 0.3) is 0 Å². The standard InChI is InChI=1S/C12H14FNO3/c1-14-10(8-3-2-4-9(13)5-8)12(11(15)16)6-17-7-12/h2-5,10,14H,6-7H2,1H3,(H,15,16). The predicted molar refractivity (Wildman–Crippen MR) is 59.1 cm³/mol. The number of hydrogen-bond acceptors (Lipinski definition) is 3. The molecule has 0 saturated carbocycles. The van der Waals surface area contributed by atoms with Gasteiger partial charge in [0, 0.05) is 0 Å². The number of ether oxygens (including phenoxy) is 1. The first kappa shape index (κ1) is 12.0. The molecule has 0 aliphatic carbocycles. The van der Waals surface area contributed by atoms with Crippen molar-refractivity contribution >= 4 is 5.97 Å². The van der Waals surface area contributed by atoms with Gasteiger partial charge in [-0.25, -0.2) is 4.39 Å². The Morgan fingerprint density at radius 3 is 2.71 bits per heavy atom. The van der Waals surface area contributed by atoms with Gasteiger partial charge in [-0.15, -0.1) is 0 Å². The largest absolute Gasteiger partial charge is 0.481 e. The van der Waals surface area contributed by atoms with Crippen LogP contribution in [-0.4, -0.2) is 31.3 Å². The van der Waals surface area contributed by atoms with Crippen molar-refractivity contribution in [2.45, 2.75) is 6.04 Å². The topological polar surface area (TPSA) is 58.6 Å². The van der Waals surface area contributed by atoms with Crippen LogP contribution in [0.4, 0.5) is 4.39 Å². The quantitative estimate of drug-likeness (QED) is 0.828. The van der Waals surface area contributed by atoms with Crippen molar-refractivity contribution in [2.75, 3.05) is 20.3 Å². The number of halogens is 1. The number of carboxylic acids is 1. The Hall–Kier alpha value is -1.46. The molecule has 4 nitrogen and oxygen atoms in total. The van der Waals surface area contributed by atoms with Gasteiger partial charge in [0.2, 0.25) is 0 Å². The van der Waals surface area contributed by atoms with E-state index >= 15 is 0 Å². The highest BCUT2D eigenvalue weighted by atomic mass is 19.1. The van der Waals surface area contributed by atoms with E-state index in [2.05, 4.69) is 5.32 Å². The van der Waals surface area contributed by atoms with Crippen LogP contribution in [0.2, 0.25) is 0 Å². The van der Waals surface area contributed by atoms with Gasteiger partial charge < -0.3 is 15.2 Å². The lowest BCUT2D eigenvalue weighted by Crippen LogP contribution is -2.56. The Bertz CT molecular complexity index is 432. The highest BCUT2D eigenvalue weighted by molar-refractivity contribution is 5.77. The average Bonchev–Trinajstić information content (AvgIpc) is 2.22. The highest BCUT2D eigenvalue weighted by Crippen LogP contribution is 2.40. The zero-order chi connectivity index (χ0) is 12.5. The number of carbonyl (C=O) groups is 1. The van der Waals surface area contributed by atoms with Gasteiger partial charge in [0.1, 0.15) is 11.2 Å². The number of aliphatic carboxylic acids is 1. The molecule has 0 amide bonds. The number of rotatable bonds is 4. The molecule has 0 radical (unpaired) electrons. The maximum Gasteiger partial charge on any atom is 0.316 e. The van der Waals surface area contributed by atoms with E-state index in [-0.39, 0.29) is 19.0 Å². The minimum absolute atomic E-state index is 0.143. The minimum atomic E-state index is -0.997. The first-order valence-electron chi connectivity index (χ1n) is 5.34. The van der Waals surface area contributed by atoms with Gasteiger partial charge in [-0.2, -0.15) is 0 Å². The molecule has 92 valence electrons. The first-order valence-corrected chi connectivity index (χ1v) is 5.34. The van der Waals surface area contributed by atoms with Gasteiger partial charge in [-0.1, -0.05) is 12.1 Å². The molecule has 1 heterocycles. The third kappa shape index (κ3) is 1.92. The SMILES string of the molecule is CNC(c1cccc(F)c1)C1(C(=O)O)COC1. The summed E-state index contributed by atoms with van der Waals surface area (Å²) in [6.45, 7) is 0.286. The molecule has 1 fully saturated rings. The van der Waals surface area contributed by atoms with E-state index in [9.17, 15) is 14.3 Å². The van der Waals surface area contributed by atoms with E-state index in [1.165, 1.54) is 12.1 Å². The molecular weight excluding hydrogens is 225 g/mol. The molecule has 1 unspecified atom stereocenters. The third-order valence-electron chi connectivity index (χ3n) is 3.17. The van der Waals surface area contributed by atoms with Crippen LogP contribution in [0, 0.1) is 11.2 Å². The summed E-state index contributed by atoms with van der Waals surface area (Å²) in [6.07, 6.45) is 0. The van der Waals surface area contributed by atoms with E-state index in [0.717, 1.165) is 0 Å². The molecule has 1 aromatic carbocycles. The number of benzene rings is 1. The van der Waals surface area contributed by atoms with Crippen LogP contribution in [0.25, 0.3) is 0 Å². The van der Waals surface area contributed by atoms with Gasteiger partial charge in [0.05, 0.1) is 19.3 Å². The molecule has 0 bridgehead atoms. The Labute approximate surface area is 98.4 Å². The molecule has 5 heteroatoms. The monoisotopic (exact) mass is 239 g/mol. The van der Waals surface area contributed by atoms with Crippen molar-refractivity contribution in [1.82, 2.24) is 5.32 Å². The summed E-state index contributed by atoms with van der Waals surface area (Å²) in [5.41, 5.74) is -0.374. The van der Waals surface area contributed by atoms with E-state index in [1.807, 2.05) is 0 Å². The molecule has 0 aromatic heterocycles. The van der Waals surface area contributed by atoms with Crippen molar-refractivity contribution in [3.63, 3.8) is 0 Å². The molecule has 0 spiro atoms. The molecule has 2 rings (SSSR count). The van der Waals surface area contributed by atoms with Gasteiger partial charge >= 0.3 is 5.97 Å². The normalized spacial score (nSPS) is 19.4. The average molecular weight is 239 g/mol. The summed E-state index contributed by atoms with van der Waals surface area (Å²) in [7, 11) is 1.67. The van der Waals surface area contributed by atoms with E-state index in [4.69, 9.17) is 4.74 Å². The van der Waals surface area contributed by atoms with Gasteiger partial charge in [-0.3, -0.25) is 4.79 Å². The molecule has 1 aliphatic heterocycles. The van der Waals surface area contributed by atoms with Crippen molar-refractivity contribution in [2.24, 2.45) is 5.41 Å². The Morgan fingerprint density at radius 2 is 2.29 bits per heavy atom. The van der Waals surface area contributed by atoms with Gasteiger partial charge in [0.15, 0.2) is 0 Å². The van der Waals surface area contributed by atoms with E-state index < -0.39 is 17.4 Å². The van der Waals surface area contributed by atoms with Crippen molar-refractivity contribution in [1.29, 1.82) is 0 Å². The fourth-order valence-corrected chi connectivity index (χ4v) is 2.18. The summed E-state index contributed by atoms with van der Waals surface area (Å²) in [5.74, 6) is -1.30. The fraction of sp³-hybridized carbons (Fsp3) is 0.417. The van der Waals surface area contributed by atoms with Crippen LogP contribution < -0.4 is 5.32 Å². The minimum Gasteiger partial charge on any atom is -0.481 e. The smallest absolute Gasteiger partial charge is 0.316 e. The molecule has 17 heavy (non-hydrogen) atoms. The summed E-state index contributed by atoms with van der Waals surface area (Å²) in [5, 5.41) is 12.2. The zero-order valence-electron chi connectivity index (χ0n) is 9.44. The lowest BCUT2D eigenvalue weighted by molar-refractivity contribution is -0.186. The first-order chi connectivity index (χ1) is 8.10. The maximum absolute atomic E-state index is 13.2. The molecule has 1 saturated heterocycles. The van der Waals surface area contributed by atoms with E-state index in [0.29, 0.717) is 5.56 Å². The molecule has 1 atom stereocenters. The second-order valence-electron chi connectivity index (χ2n) is 4.23. The Kier molecular flexibility index (Phi) is 3.13. The maximum atomic E-state index is 13.2. The number of carboxylic acid groups (broad SMARTS) is 1. The van der Waals surface area contributed by atoms with Crippen molar-refractivity contribution in [3.8, 4) is 0 Å². The van der Waals surface area contributed by atoms with Crippen LogP contribution in [0.3, 0.4) is 0 Å². The summed E-state index contributed by atoms with van der Waals surface area (Å²) < 4.78 is 18.2. The second kappa shape index (κ2) is 4.43. The summed E-state index contributed by atoms with van der Waals surface area (Å²) >= 11 is 0. The lowest BCUT2D eigenvalue weighted by Gasteiger charge is -2.43. The fourth-order valence-electron chi connectivity index (χ4n) is 2.18. The molecule has 2 N–H and O–H groups in total. The highest BCUT2D eigenvalue weighted by Gasteiger charge is 2.52. The van der Waals surface area contributed by atoms with Crippen LogP contribution >= 0.6 is 0 Å². The van der Waals surface area contributed by atoms with Crippen LogP contribution in [-0.2, 0) is 9.53 Å².